The summed E-state index contributed by atoms with van der Waals surface area (Å²) in [6, 6.07) is 3.92. The largest absolute Gasteiger partial charge is 0.478 e. The van der Waals surface area contributed by atoms with Gasteiger partial charge < -0.3 is 9.84 Å². The van der Waals surface area contributed by atoms with Gasteiger partial charge in [-0.3, -0.25) is 4.90 Å². The second-order valence-corrected chi connectivity index (χ2v) is 6.19. The summed E-state index contributed by atoms with van der Waals surface area (Å²) in [5.74, 6) is -4.86. The Morgan fingerprint density at radius 1 is 1.32 bits per heavy atom. The van der Waals surface area contributed by atoms with E-state index < -0.39 is 41.3 Å². The number of ether oxygens (including phenoxy) is 1. The Labute approximate surface area is 126 Å². The lowest BCUT2D eigenvalue weighted by molar-refractivity contribution is -0.0597. The van der Waals surface area contributed by atoms with E-state index in [4.69, 9.17) is 9.84 Å². The number of aromatic carboxylic acids is 1. The summed E-state index contributed by atoms with van der Waals surface area (Å²) in [5.41, 5.74) is -1.65. The minimum Gasteiger partial charge on any atom is -0.478 e. The van der Waals surface area contributed by atoms with Crippen LogP contribution in [0.4, 0.5) is 13.6 Å². The number of hydrogen-bond donors (Lipinski definition) is 1. The van der Waals surface area contributed by atoms with Crippen molar-refractivity contribution in [3.05, 3.63) is 34.9 Å². The first-order valence-corrected chi connectivity index (χ1v) is 6.73. The van der Waals surface area contributed by atoms with E-state index in [0.717, 1.165) is 11.0 Å². The quantitative estimate of drug-likeness (QED) is 0.864. The minimum atomic E-state index is -3.44. The molecular formula is C15H17F2NO4. The summed E-state index contributed by atoms with van der Waals surface area (Å²) in [7, 11) is 0. The first kappa shape index (κ1) is 16.2. The number of fused-ring (bicyclic) bond motifs is 1. The fraction of sp³-hybridized carbons (Fsp3) is 0.467. The molecule has 0 spiro atoms. The van der Waals surface area contributed by atoms with Gasteiger partial charge in [-0.1, -0.05) is 12.1 Å². The number of carbonyl (C=O) groups excluding carboxylic acids is 1. The highest BCUT2D eigenvalue weighted by Crippen LogP contribution is 2.39. The van der Waals surface area contributed by atoms with E-state index in [9.17, 15) is 18.4 Å². The highest BCUT2D eigenvalue weighted by molar-refractivity contribution is 5.90. The molecule has 1 heterocycles. The van der Waals surface area contributed by atoms with Crippen LogP contribution in [0.5, 0.6) is 0 Å². The van der Waals surface area contributed by atoms with Crippen molar-refractivity contribution in [2.24, 2.45) is 0 Å². The molecule has 1 aromatic rings. The number of benzene rings is 1. The van der Waals surface area contributed by atoms with Gasteiger partial charge in [0.15, 0.2) is 0 Å². The van der Waals surface area contributed by atoms with Crippen molar-refractivity contribution in [1.82, 2.24) is 4.90 Å². The number of carboxylic acid groups (broad SMARTS) is 1. The first-order valence-electron chi connectivity index (χ1n) is 6.73. The molecule has 7 heteroatoms. The Kier molecular flexibility index (Phi) is 3.85. The van der Waals surface area contributed by atoms with E-state index in [1.165, 1.54) is 12.1 Å². The fourth-order valence-corrected chi connectivity index (χ4v) is 2.38. The molecule has 0 saturated heterocycles. The van der Waals surface area contributed by atoms with Gasteiger partial charge >= 0.3 is 12.1 Å². The Bertz CT molecular complexity index is 622. The average molecular weight is 313 g/mol. The lowest BCUT2D eigenvalue weighted by Gasteiger charge is -2.36. The molecule has 22 heavy (non-hydrogen) atoms. The number of alkyl halides is 2. The zero-order valence-corrected chi connectivity index (χ0v) is 12.5. The molecule has 0 saturated carbocycles. The van der Waals surface area contributed by atoms with Crippen LogP contribution < -0.4 is 0 Å². The van der Waals surface area contributed by atoms with E-state index in [2.05, 4.69) is 0 Å². The maximum Gasteiger partial charge on any atom is 0.410 e. The van der Waals surface area contributed by atoms with Crippen molar-refractivity contribution in [1.29, 1.82) is 0 Å². The molecule has 0 fully saturated rings. The first-order chi connectivity index (χ1) is 10.0. The van der Waals surface area contributed by atoms with Crippen LogP contribution in [0.3, 0.4) is 0 Å². The molecule has 2 rings (SSSR count). The van der Waals surface area contributed by atoms with Crippen molar-refractivity contribution in [2.45, 2.75) is 38.8 Å². The number of halogens is 2. The monoisotopic (exact) mass is 313 g/mol. The van der Waals surface area contributed by atoms with Crippen molar-refractivity contribution in [2.75, 3.05) is 6.54 Å². The van der Waals surface area contributed by atoms with Gasteiger partial charge in [0.05, 0.1) is 12.1 Å². The summed E-state index contributed by atoms with van der Waals surface area (Å²) < 4.78 is 33.8. The Hall–Kier alpha value is -2.18. The van der Waals surface area contributed by atoms with E-state index in [-0.39, 0.29) is 12.1 Å². The molecule has 0 aromatic heterocycles. The van der Waals surface area contributed by atoms with Crippen molar-refractivity contribution >= 4 is 12.1 Å². The third kappa shape index (κ3) is 3.18. The number of hydrogen-bond acceptors (Lipinski definition) is 3. The normalized spacial score (nSPS) is 16.9. The van der Waals surface area contributed by atoms with Crippen LogP contribution in [0, 0.1) is 0 Å². The Morgan fingerprint density at radius 3 is 2.50 bits per heavy atom. The molecule has 0 radical (unpaired) electrons. The molecule has 120 valence electrons. The molecule has 0 unspecified atom stereocenters. The van der Waals surface area contributed by atoms with Crippen LogP contribution in [0.1, 0.15) is 42.3 Å². The SMILES string of the molecule is CC(C)(C)OC(=O)N1Cc2cccc(C(=O)O)c2C(F)(F)C1. The number of carbonyl (C=O) groups is 2. The predicted molar refractivity (Wildman–Crippen MR) is 73.9 cm³/mol. The van der Waals surface area contributed by atoms with Crippen LogP contribution in [-0.2, 0) is 17.2 Å². The fourth-order valence-electron chi connectivity index (χ4n) is 2.38. The van der Waals surface area contributed by atoms with Crippen LogP contribution in [0.25, 0.3) is 0 Å². The maximum atomic E-state index is 14.3. The molecule has 1 aromatic carbocycles. The smallest absolute Gasteiger partial charge is 0.410 e. The van der Waals surface area contributed by atoms with Crippen LogP contribution >= 0.6 is 0 Å². The summed E-state index contributed by atoms with van der Waals surface area (Å²) in [6.45, 7) is 3.91. The van der Waals surface area contributed by atoms with E-state index in [1.54, 1.807) is 20.8 Å². The van der Waals surface area contributed by atoms with Gasteiger partial charge in [0.1, 0.15) is 5.60 Å². The van der Waals surface area contributed by atoms with Gasteiger partial charge in [-0.2, -0.15) is 8.78 Å². The summed E-state index contributed by atoms with van der Waals surface area (Å²) in [4.78, 5) is 24.0. The van der Waals surface area contributed by atoms with Gasteiger partial charge in [0, 0.05) is 12.1 Å². The maximum absolute atomic E-state index is 14.3. The van der Waals surface area contributed by atoms with Gasteiger partial charge in [-0.25, -0.2) is 9.59 Å². The highest BCUT2D eigenvalue weighted by Gasteiger charge is 2.45. The molecule has 1 N–H and O–H groups in total. The zero-order valence-electron chi connectivity index (χ0n) is 12.5. The number of carboxylic acids is 1. The van der Waals surface area contributed by atoms with E-state index >= 15 is 0 Å². The Balaban J connectivity index is 2.38. The zero-order chi connectivity index (χ0) is 16.7. The van der Waals surface area contributed by atoms with Crippen molar-refractivity contribution < 1.29 is 28.2 Å². The highest BCUT2D eigenvalue weighted by atomic mass is 19.3. The van der Waals surface area contributed by atoms with Crippen LogP contribution in [0.2, 0.25) is 0 Å². The second-order valence-electron chi connectivity index (χ2n) is 6.19. The molecule has 1 aliphatic heterocycles. The Morgan fingerprint density at radius 2 is 1.95 bits per heavy atom. The summed E-state index contributed by atoms with van der Waals surface area (Å²) in [6.07, 6.45) is -0.849. The van der Waals surface area contributed by atoms with Gasteiger partial charge in [0.2, 0.25) is 0 Å². The van der Waals surface area contributed by atoms with Crippen LogP contribution in [-0.4, -0.2) is 34.2 Å². The van der Waals surface area contributed by atoms with Crippen LogP contribution in [0.15, 0.2) is 18.2 Å². The molecule has 5 nitrogen and oxygen atoms in total. The van der Waals surface area contributed by atoms with Gasteiger partial charge in [-0.05, 0) is 32.4 Å². The number of amides is 1. The third-order valence-electron chi connectivity index (χ3n) is 3.15. The number of nitrogens with zero attached hydrogens (tertiary/aromatic N) is 1. The lowest BCUT2D eigenvalue weighted by atomic mass is 9.92. The number of rotatable bonds is 1. The van der Waals surface area contributed by atoms with Crippen molar-refractivity contribution in [3.8, 4) is 0 Å². The molecule has 1 aliphatic rings. The summed E-state index contributed by atoms with van der Waals surface area (Å²) >= 11 is 0. The van der Waals surface area contributed by atoms with Crippen molar-refractivity contribution in [3.63, 3.8) is 0 Å². The standard InChI is InChI=1S/C15H17F2NO4/c1-14(2,3)22-13(21)18-7-9-5-4-6-10(12(19)20)11(9)15(16,17)8-18/h4-6H,7-8H2,1-3H3,(H,19,20). The lowest BCUT2D eigenvalue weighted by Crippen LogP contribution is -2.46. The molecule has 0 aliphatic carbocycles. The average Bonchev–Trinajstić information content (AvgIpc) is 2.34. The minimum absolute atomic E-state index is 0.110. The molecule has 0 atom stereocenters. The molecule has 1 amide bonds. The second kappa shape index (κ2) is 5.23. The van der Waals surface area contributed by atoms with E-state index in [0.29, 0.717) is 0 Å². The van der Waals surface area contributed by atoms with E-state index in [1.807, 2.05) is 0 Å². The molecule has 0 bridgehead atoms. The summed E-state index contributed by atoms with van der Waals surface area (Å²) in [5, 5.41) is 9.06. The van der Waals surface area contributed by atoms with Gasteiger partial charge in [0.25, 0.3) is 5.92 Å². The van der Waals surface area contributed by atoms with Gasteiger partial charge in [-0.15, -0.1) is 0 Å². The topological polar surface area (TPSA) is 66.8 Å². The predicted octanol–water partition coefficient (Wildman–Crippen LogP) is 3.23. The molecular weight excluding hydrogens is 296 g/mol. The third-order valence-corrected chi connectivity index (χ3v) is 3.15.